The number of allylic oxidation sites excluding steroid dienone is 5. The van der Waals surface area contributed by atoms with Crippen molar-refractivity contribution in [1.29, 1.82) is 0 Å². The van der Waals surface area contributed by atoms with E-state index in [2.05, 4.69) is 30.6 Å². The standard InChI is InChI=1S/C21H23ClN6O2/c1-11(2)14-9-16(25-20(23-14)27-18(29)13-7-5-6-8-13)19(30)28-21-24-15(12(3)4)10-17(22)26-21/h5-12,29H,1-4H3,(H,23,25,27)(H,24,26,28,30). The SMILES string of the molecule is CC(C)c1cc(Cl)nc(NC(=O)c2cc(C(C)C)nc(NC(O)=C3C=CC=C3)n2)n1. The van der Waals surface area contributed by atoms with E-state index >= 15 is 0 Å². The molecular formula is C21H23ClN6O2. The van der Waals surface area contributed by atoms with Gasteiger partial charge < -0.3 is 5.11 Å². The van der Waals surface area contributed by atoms with E-state index in [-0.39, 0.29) is 40.5 Å². The normalized spacial score (nSPS) is 12.7. The van der Waals surface area contributed by atoms with Gasteiger partial charge in [0.1, 0.15) is 10.8 Å². The van der Waals surface area contributed by atoms with Gasteiger partial charge in [-0.25, -0.2) is 19.9 Å². The number of nitrogens with one attached hydrogen (secondary N) is 2. The van der Waals surface area contributed by atoms with Crippen LogP contribution in [0.2, 0.25) is 5.15 Å². The molecule has 2 heterocycles. The first-order chi connectivity index (χ1) is 14.2. The highest BCUT2D eigenvalue weighted by Gasteiger charge is 2.17. The van der Waals surface area contributed by atoms with Crippen molar-refractivity contribution in [3.8, 4) is 0 Å². The van der Waals surface area contributed by atoms with Crippen molar-refractivity contribution in [1.82, 2.24) is 19.9 Å². The van der Waals surface area contributed by atoms with E-state index in [1.54, 1.807) is 36.4 Å². The second kappa shape index (κ2) is 9.04. The molecule has 30 heavy (non-hydrogen) atoms. The van der Waals surface area contributed by atoms with Crippen LogP contribution >= 0.6 is 11.6 Å². The second-order valence-corrected chi connectivity index (χ2v) is 7.74. The molecule has 8 nitrogen and oxygen atoms in total. The van der Waals surface area contributed by atoms with Crippen molar-refractivity contribution in [2.45, 2.75) is 39.5 Å². The summed E-state index contributed by atoms with van der Waals surface area (Å²) in [7, 11) is 0. The summed E-state index contributed by atoms with van der Waals surface area (Å²) in [5.41, 5.74) is 2.06. The monoisotopic (exact) mass is 426 g/mol. The number of carbonyl (C=O) groups is 1. The van der Waals surface area contributed by atoms with Gasteiger partial charge >= 0.3 is 0 Å². The molecule has 0 atom stereocenters. The molecule has 1 aliphatic rings. The maximum absolute atomic E-state index is 12.8. The minimum Gasteiger partial charge on any atom is -0.494 e. The van der Waals surface area contributed by atoms with Crippen LogP contribution in [0.1, 0.15) is 61.4 Å². The summed E-state index contributed by atoms with van der Waals surface area (Å²) >= 11 is 6.05. The lowest BCUT2D eigenvalue weighted by molar-refractivity contribution is 0.102. The second-order valence-electron chi connectivity index (χ2n) is 7.35. The highest BCUT2D eigenvalue weighted by atomic mass is 35.5. The number of carbonyl (C=O) groups excluding carboxylic acids is 1. The molecule has 156 valence electrons. The zero-order valence-corrected chi connectivity index (χ0v) is 17.9. The number of hydrogen-bond donors (Lipinski definition) is 3. The van der Waals surface area contributed by atoms with Crippen molar-refractivity contribution in [3.63, 3.8) is 0 Å². The summed E-state index contributed by atoms with van der Waals surface area (Å²) in [4.78, 5) is 29.8. The number of nitrogens with zero attached hydrogens (tertiary/aromatic N) is 4. The van der Waals surface area contributed by atoms with Crippen LogP contribution in [0.5, 0.6) is 0 Å². The molecule has 0 radical (unpaired) electrons. The summed E-state index contributed by atoms with van der Waals surface area (Å²) in [5, 5.41) is 15.9. The van der Waals surface area contributed by atoms with Gasteiger partial charge in [0, 0.05) is 11.3 Å². The quantitative estimate of drug-likeness (QED) is 0.452. The predicted octanol–water partition coefficient (Wildman–Crippen LogP) is 4.73. The summed E-state index contributed by atoms with van der Waals surface area (Å²) in [6, 6.07) is 3.26. The number of hydrogen-bond acceptors (Lipinski definition) is 7. The maximum Gasteiger partial charge on any atom is 0.276 e. The topological polar surface area (TPSA) is 113 Å². The smallest absolute Gasteiger partial charge is 0.276 e. The lowest BCUT2D eigenvalue weighted by atomic mass is 10.1. The van der Waals surface area contributed by atoms with Gasteiger partial charge in [0.2, 0.25) is 11.9 Å². The molecule has 0 unspecified atom stereocenters. The van der Waals surface area contributed by atoms with Crippen molar-refractivity contribution in [2.75, 3.05) is 10.6 Å². The summed E-state index contributed by atoms with van der Waals surface area (Å²) in [6.07, 6.45) is 7.08. The molecule has 0 bridgehead atoms. The number of aliphatic hydroxyl groups excluding tert-OH is 1. The van der Waals surface area contributed by atoms with E-state index in [9.17, 15) is 9.90 Å². The molecule has 0 fully saturated rings. The summed E-state index contributed by atoms with van der Waals surface area (Å²) in [5.74, 6) is -0.241. The number of halogens is 1. The van der Waals surface area contributed by atoms with E-state index in [4.69, 9.17) is 11.6 Å². The highest BCUT2D eigenvalue weighted by molar-refractivity contribution is 6.29. The Morgan fingerprint density at radius 1 is 0.900 bits per heavy atom. The molecule has 3 N–H and O–H groups in total. The van der Waals surface area contributed by atoms with E-state index in [0.717, 1.165) is 0 Å². The van der Waals surface area contributed by atoms with Gasteiger partial charge in [0.15, 0.2) is 5.88 Å². The lowest BCUT2D eigenvalue weighted by Crippen LogP contribution is -2.19. The van der Waals surface area contributed by atoms with Crippen LogP contribution in [0, 0.1) is 0 Å². The lowest BCUT2D eigenvalue weighted by Gasteiger charge is -2.12. The van der Waals surface area contributed by atoms with E-state index < -0.39 is 5.91 Å². The Morgan fingerprint density at radius 2 is 1.47 bits per heavy atom. The van der Waals surface area contributed by atoms with Crippen LogP contribution in [0.25, 0.3) is 0 Å². The molecule has 0 spiro atoms. The average Bonchev–Trinajstić information content (AvgIpc) is 3.22. The fourth-order valence-electron chi connectivity index (χ4n) is 2.60. The first-order valence-corrected chi connectivity index (χ1v) is 9.90. The third kappa shape index (κ3) is 5.21. The number of rotatable bonds is 6. The zero-order valence-electron chi connectivity index (χ0n) is 17.1. The molecule has 3 rings (SSSR count). The maximum atomic E-state index is 12.8. The highest BCUT2D eigenvalue weighted by Crippen LogP contribution is 2.20. The third-order valence-electron chi connectivity index (χ3n) is 4.27. The van der Waals surface area contributed by atoms with Crippen LogP contribution in [0.4, 0.5) is 11.9 Å². The molecule has 1 aliphatic carbocycles. The largest absolute Gasteiger partial charge is 0.494 e. The first kappa shape index (κ1) is 21.4. The Labute approximate surface area is 179 Å². The molecule has 0 aliphatic heterocycles. The van der Waals surface area contributed by atoms with Gasteiger partial charge in [-0.3, -0.25) is 15.4 Å². The van der Waals surface area contributed by atoms with Crippen molar-refractivity contribution in [3.05, 3.63) is 70.1 Å². The average molecular weight is 427 g/mol. The first-order valence-electron chi connectivity index (χ1n) is 9.52. The van der Waals surface area contributed by atoms with Gasteiger partial charge in [-0.1, -0.05) is 51.4 Å². The molecule has 0 saturated heterocycles. The van der Waals surface area contributed by atoms with Crippen molar-refractivity contribution >= 4 is 29.4 Å². The van der Waals surface area contributed by atoms with E-state index in [1.807, 2.05) is 27.7 Å². The molecule has 0 aromatic carbocycles. The number of aromatic nitrogens is 4. The van der Waals surface area contributed by atoms with E-state index in [0.29, 0.717) is 17.0 Å². The number of aliphatic hydroxyl groups is 1. The minimum absolute atomic E-state index is 0.0381. The Bertz CT molecular complexity index is 1050. The molecule has 2 aromatic heterocycles. The molecule has 2 aromatic rings. The van der Waals surface area contributed by atoms with Crippen molar-refractivity contribution < 1.29 is 9.90 Å². The molecule has 9 heteroatoms. The van der Waals surface area contributed by atoms with Crippen LogP contribution in [0.3, 0.4) is 0 Å². The number of anilines is 2. The fourth-order valence-corrected chi connectivity index (χ4v) is 2.79. The van der Waals surface area contributed by atoms with Gasteiger partial charge in [0.05, 0.1) is 5.69 Å². The van der Waals surface area contributed by atoms with Gasteiger partial charge in [-0.2, -0.15) is 0 Å². The van der Waals surface area contributed by atoms with E-state index in [1.165, 1.54) is 0 Å². The Kier molecular flexibility index (Phi) is 6.47. The van der Waals surface area contributed by atoms with Crippen LogP contribution < -0.4 is 10.6 Å². The van der Waals surface area contributed by atoms with Crippen LogP contribution in [0.15, 0.2) is 47.9 Å². The van der Waals surface area contributed by atoms with Gasteiger partial charge in [-0.15, -0.1) is 0 Å². The zero-order chi connectivity index (χ0) is 21.8. The third-order valence-corrected chi connectivity index (χ3v) is 4.46. The Hall–Kier alpha value is -3.26. The predicted molar refractivity (Wildman–Crippen MR) is 117 cm³/mol. The fraction of sp³-hybridized carbons (Fsp3) is 0.286. The molecule has 0 saturated carbocycles. The molecular weight excluding hydrogens is 404 g/mol. The van der Waals surface area contributed by atoms with Crippen molar-refractivity contribution in [2.24, 2.45) is 0 Å². The molecule has 1 amide bonds. The van der Waals surface area contributed by atoms with Gasteiger partial charge in [0.25, 0.3) is 5.91 Å². The minimum atomic E-state index is -0.507. The van der Waals surface area contributed by atoms with Gasteiger partial charge in [-0.05, 0) is 36.1 Å². The Balaban J connectivity index is 1.90. The Morgan fingerprint density at radius 3 is 2.07 bits per heavy atom. The number of amides is 1. The summed E-state index contributed by atoms with van der Waals surface area (Å²) in [6.45, 7) is 7.83. The van der Waals surface area contributed by atoms with Crippen LogP contribution in [-0.4, -0.2) is 30.9 Å². The summed E-state index contributed by atoms with van der Waals surface area (Å²) < 4.78 is 0. The van der Waals surface area contributed by atoms with Crippen LogP contribution in [-0.2, 0) is 0 Å².